The number of carbonyl (C=O) groups is 2. The van der Waals surface area contributed by atoms with Crippen molar-refractivity contribution in [2.75, 3.05) is 12.0 Å². The van der Waals surface area contributed by atoms with Crippen LogP contribution in [0.3, 0.4) is 0 Å². The fourth-order valence-electron chi connectivity index (χ4n) is 3.43. The van der Waals surface area contributed by atoms with Gasteiger partial charge < -0.3 is 14.9 Å². The second-order valence-corrected chi connectivity index (χ2v) is 7.71. The number of carbonyl (C=O) groups excluding carboxylic acids is 2. The van der Waals surface area contributed by atoms with E-state index in [-0.39, 0.29) is 35.2 Å². The van der Waals surface area contributed by atoms with E-state index in [1.165, 1.54) is 18.1 Å². The third-order valence-corrected chi connectivity index (χ3v) is 4.98. The first-order valence-corrected chi connectivity index (χ1v) is 9.54. The highest BCUT2D eigenvalue weighted by Gasteiger charge is 2.44. The zero-order valence-electron chi connectivity index (χ0n) is 16.3. The largest absolute Gasteiger partial charge is 0.504 e. The van der Waals surface area contributed by atoms with Crippen LogP contribution in [0.1, 0.15) is 31.9 Å². The van der Waals surface area contributed by atoms with Gasteiger partial charge in [-0.25, -0.2) is 0 Å². The number of halogens is 1. The molecule has 1 unspecified atom stereocenters. The van der Waals surface area contributed by atoms with Gasteiger partial charge in [-0.05, 0) is 47.9 Å². The van der Waals surface area contributed by atoms with Crippen molar-refractivity contribution >= 4 is 29.0 Å². The van der Waals surface area contributed by atoms with Crippen molar-refractivity contribution in [2.45, 2.75) is 26.3 Å². The Labute approximate surface area is 174 Å². The maximum Gasteiger partial charge on any atom is 0.294 e. The van der Waals surface area contributed by atoms with E-state index >= 15 is 0 Å². The van der Waals surface area contributed by atoms with Crippen LogP contribution in [-0.2, 0) is 9.59 Å². The van der Waals surface area contributed by atoms with Gasteiger partial charge in [-0.15, -0.1) is 0 Å². The summed E-state index contributed by atoms with van der Waals surface area (Å²) in [4.78, 5) is 27.2. The standard InChI is InChI=1S/C22H22ClNO5/c1-12(2)10-17(26)19-20(13-4-9-18(29-3)16(25)11-13)24(22(28)21(19)27)15-7-5-14(23)6-8-15/h4-9,11-12,20,25,27H,10H2,1-3H3. The van der Waals surface area contributed by atoms with Crippen LogP contribution in [0.5, 0.6) is 11.5 Å². The normalized spacial score (nSPS) is 16.7. The molecule has 1 amide bonds. The van der Waals surface area contributed by atoms with Gasteiger partial charge in [0, 0.05) is 17.1 Å². The van der Waals surface area contributed by atoms with E-state index in [1.807, 2.05) is 13.8 Å². The van der Waals surface area contributed by atoms with Crippen LogP contribution in [0.15, 0.2) is 53.8 Å². The van der Waals surface area contributed by atoms with E-state index in [0.717, 1.165) is 0 Å². The van der Waals surface area contributed by atoms with Crippen LogP contribution in [0.4, 0.5) is 5.69 Å². The summed E-state index contributed by atoms with van der Waals surface area (Å²) in [5, 5.41) is 21.3. The first-order valence-electron chi connectivity index (χ1n) is 9.17. The molecule has 1 aliphatic heterocycles. The molecule has 2 N–H and O–H groups in total. The van der Waals surface area contributed by atoms with E-state index in [2.05, 4.69) is 0 Å². The van der Waals surface area contributed by atoms with Crippen LogP contribution in [-0.4, -0.2) is 29.0 Å². The van der Waals surface area contributed by atoms with Crippen molar-refractivity contribution in [2.24, 2.45) is 5.92 Å². The number of benzene rings is 2. The Bertz CT molecular complexity index is 981. The first kappa shape index (κ1) is 20.7. The number of phenols is 1. The Kier molecular flexibility index (Phi) is 5.84. The van der Waals surface area contributed by atoms with Gasteiger partial charge in [0.25, 0.3) is 5.91 Å². The van der Waals surface area contributed by atoms with Crippen molar-refractivity contribution in [1.82, 2.24) is 0 Å². The number of aliphatic hydroxyl groups excluding tert-OH is 1. The molecule has 1 heterocycles. The highest BCUT2D eigenvalue weighted by molar-refractivity contribution is 6.30. The molecule has 3 rings (SSSR count). The van der Waals surface area contributed by atoms with E-state index in [4.69, 9.17) is 16.3 Å². The number of ketones is 1. The average molecular weight is 416 g/mol. The molecule has 0 aromatic heterocycles. The Morgan fingerprint density at radius 1 is 1.17 bits per heavy atom. The summed E-state index contributed by atoms with van der Waals surface area (Å²) in [6.45, 7) is 3.77. The molecular formula is C22H22ClNO5. The van der Waals surface area contributed by atoms with Gasteiger partial charge in [0.15, 0.2) is 23.0 Å². The van der Waals surface area contributed by atoms with Crippen molar-refractivity contribution in [3.63, 3.8) is 0 Å². The minimum Gasteiger partial charge on any atom is -0.504 e. The number of aromatic hydroxyl groups is 1. The molecular weight excluding hydrogens is 394 g/mol. The number of methoxy groups -OCH3 is 1. The topological polar surface area (TPSA) is 87.1 Å². The number of Topliss-reactive ketones (excluding diaryl/α,β-unsaturated/α-hetero) is 1. The summed E-state index contributed by atoms with van der Waals surface area (Å²) in [6, 6.07) is 10.3. The third-order valence-electron chi connectivity index (χ3n) is 4.73. The number of hydrogen-bond acceptors (Lipinski definition) is 5. The van der Waals surface area contributed by atoms with Gasteiger partial charge in [0.05, 0.1) is 18.7 Å². The second-order valence-electron chi connectivity index (χ2n) is 7.27. The average Bonchev–Trinajstić information content (AvgIpc) is 2.93. The highest BCUT2D eigenvalue weighted by atomic mass is 35.5. The molecule has 1 atom stereocenters. The Morgan fingerprint density at radius 3 is 2.38 bits per heavy atom. The number of anilines is 1. The number of nitrogens with zero attached hydrogens (tertiary/aromatic N) is 1. The quantitative estimate of drug-likeness (QED) is 0.721. The molecule has 2 aromatic rings. The molecule has 0 fully saturated rings. The maximum atomic E-state index is 12.9. The van der Waals surface area contributed by atoms with Crippen molar-refractivity contribution in [1.29, 1.82) is 0 Å². The molecule has 0 saturated heterocycles. The lowest BCUT2D eigenvalue weighted by molar-refractivity contribution is -0.118. The van der Waals surface area contributed by atoms with Crippen LogP contribution in [0.2, 0.25) is 5.02 Å². The van der Waals surface area contributed by atoms with Crippen LogP contribution >= 0.6 is 11.6 Å². The lowest BCUT2D eigenvalue weighted by Crippen LogP contribution is -2.31. The molecule has 29 heavy (non-hydrogen) atoms. The molecule has 0 spiro atoms. The van der Waals surface area contributed by atoms with Crippen molar-refractivity contribution in [3.05, 3.63) is 64.4 Å². The Hall–Kier alpha value is -2.99. The zero-order chi connectivity index (χ0) is 21.3. The number of phenolic OH excluding ortho intramolecular Hbond substituents is 1. The predicted octanol–water partition coefficient (Wildman–Crippen LogP) is 4.57. The molecule has 2 aromatic carbocycles. The van der Waals surface area contributed by atoms with Crippen LogP contribution < -0.4 is 9.64 Å². The zero-order valence-corrected chi connectivity index (χ0v) is 17.1. The summed E-state index contributed by atoms with van der Waals surface area (Å²) in [5.74, 6) is -1.39. The lowest BCUT2D eigenvalue weighted by Gasteiger charge is -2.27. The second kappa shape index (κ2) is 8.17. The highest BCUT2D eigenvalue weighted by Crippen LogP contribution is 2.43. The first-order chi connectivity index (χ1) is 13.7. The summed E-state index contributed by atoms with van der Waals surface area (Å²) in [6.07, 6.45) is 0.180. The Balaban J connectivity index is 2.16. The Morgan fingerprint density at radius 2 is 1.83 bits per heavy atom. The fourth-order valence-corrected chi connectivity index (χ4v) is 3.56. The third kappa shape index (κ3) is 3.93. The summed E-state index contributed by atoms with van der Waals surface area (Å²) < 4.78 is 5.08. The number of aliphatic hydroxyl groups is 1. The molecule has 7 heteroatoms. The number of hydrogen-bond donors (Lipinski definition) is 2. The minimum absolute atomic E-state index is 0.0169. The number of rotatable bonds is 6. The molecule has 6 nitrogen and oxygen atoms in total. The lowest BCUT2D eigenvalue weighted by atomic mass is 9.92. The van der Waals surface area contributed by atoms with E-state index in [1.54, 1.807) is 36.4 Å². The van der Waals surface area contributed by atoms with Gasteiger partial charge in [0.1, 0.15) is 0 Å². The van der Waals surface area contributed by atoms with Gasteiger partial charge in [-0.3, -0.25) is 14.5 Å². The monoisotopic (exact) mass is 415 g/mol. The molecule has 152 valence electrons. The van der Waals surface area contributed by atoms with Crippen molar-refractivity contribution in [3.8, 4) is 11.5 Å². The van der Waals surface area contributed by atoms with Gasteiger partial charge in [-0.1, -0.05) is 31.5 Å². The molecule has 0 radical (unpaired) electrons. The molecule has 0 saturated carbocycles. The summed E-state index contributed by atoms with van der Waals surface area (Å²) in [5.41, 5.74) is 0.963. The van der Waals surface area contributed by atoms with Gasteiger partial charge in [0.2, 0.25) is 0 Å². The van der Waals surface area contributed by atoms with Gasteiger partial charge >= 0.3 is 0 Å². The van der Waals surface area contributed by atoms with Crippen molar-refractivity contribution < 1.29 is 24.5 Å². The molecule has 0 aliphatic carbocycles. The van der Waals surface area contributed by atoms with E-state index in [9.17, 15) is 19.8 Å². The molecule has 1 aliphatic rings. The van der Waals surface area contributed by atoms with E-state index < -0.39 is 17.7 Å². The minimum atomic E-state index is -0.883. The smallest absolute Gasteiger partial charge is 0.294 e. The summed E-state index contributed by atoms with van der Waals surface area (Å²) in [7, 11) is 1.43. The number of amides is 1. The maximum absolute atomic E-state index is 12.9. The van der Waals surface area contributed by atoms with Crippen LogP contribution in [0, 0.1) is 5.92 Å². The van der Waals surface area contributed by atoms with Crippen LogP contribution in [0.25, 0.3) is 0 Å². The van der Waals surface area contributed by atoms with E-state index in [0.29, 0.717) is 16.3 Å². The SMILES string of the molecule is COc1ccc(C2C(C(=O)CC(C)C)=C(O)C(=O)N2c2ccc(Cl)cc2)cc1O. The number of ether oxygens (including phenoxy) is 1. The van der Waals surface area contributed by atoms with Gasteiger partial charge in [-0.2, -0.15) is 0 Å². The fraction of sp³-hybridized carbons (Fsp3) is 0.273. The predicted molar refractivity (Wildman–Crippen MR) is 110 cm³/mol. The summed E-state index contributed by atoms with van der Waals surface area (Å²) >= 11 is 5.96. The molecule has 0 bridgehead atoms.